The summed E-state index contributed by atoms with van der Waals surface area (Å²) in [6.45, 7) is 0. The Morgan fingerprint density at radius 2 is 1.66 bits per heavy atom. The molecule has 0 unspecified atom stereocenters. The van der Waals surface area contributed by atoms with E-state index in [0.29, 0.717) is 11.4 Å². The van der Waals surface area contributed by atoms with Crippen LogP contribution in [-0.4, -0.2) is 14.8 Å². The van der Waals surface area contributed by atoms with Crippen molar-refractivity contribution in [3.8, 4) is 28.5 Å². The van der Waals surface area contributed by atoms with Crippen LogP contribution in [0.3, 0.4) is 0 Å². The second-order valence-corrected chi connectivity index (χ2v) is 7.03. The van der Waals surface area contributed by atoms with Gasteiger partial charge in [-0.25, -0.2) is 4.98 Å². The van der Waals surface area contributed by atoms with Gasteiger partial charge in [-0.3, -0.25) is 4.68 Å². The van der Waals surface area contributed by atoms with E-state index in [2.05, 4.69) is 28.3 Å². The third-order valence-corrected chi connectivity index (χ3v) is 5.22. The Morgan fingerprint density at radius 3 is 2.45 bits per heavy atom. The minimum Gasteiger partial charge on any atom is -0.384 e. The van der Waals surface area contributed by atoms with Crippen LogP contribution in [0.15, 0.2) is 72.9 Å². The molecule has 0 aliphatic heterocycles. The molecule has 0 radical (unpaired) electrons. The van der Waals surface area contributed by atoms with Crippen molar-refractivity contribution in [2.45, 2.75) is 0 Å². The van der Waals surface area contributed by atoms with Crippen molar-refractivity contribution in [1.29, 1.82) is 5.26 Å². The number of pyridine rings is 1. The Morgan fingerprint density at radius 1 is 0.897 bits per heavy atom. The molecule has 5 heteroatoms. The number of aromatic nitrogens is 3. The summed E-state index contributed by atoms with van der Waals surface area (Å²) in [7, 11) is 1.90. The predicted molar refractivity (Wildman–Crippen MR) is 116 cm³/mol. The van der Waals surface area contributed by atoms with Crippen molar-refractivity contribution in [2.75, 3.05) is 5.73 Å². The minimum absolute atomic E-state index is 0.488. The van der Waals surface area contributed by atoms with Crippen LogP contribution >= 0.6 is 0 Å². The average Bonchev–Trinajstić information content (AvgIpc) is 3.13. The van der Waals surface area contributed by atoms with Crippen LogP contribution in [0.4, 0.5) is 5.82 Å². The van der Waals surface area contributed by atoms with Gasteiger partial charge in [-0.15, -0.1) is 0 Å². The van der Waals surface area contributed by atoms with Gasteiger partial charge in [-0.2, -0.15) is 10.4 Å². The standard InChI is InChI=1S/C24H17N5/c1-29-24(20-11-17-5-3-2-4-16(17)10-19(20)13-25)21(14-27-29)18-7-6-15-8-9-23(26)28-22(15)12-18/h2-12,14H,1H3,(H2,26,28). The lowest BCUT2D eigenvalue weighted by atomic mass is 9.95. The van der Waals surface area contributed by atoms with Gasteiger partial charge in [0.05, 0.1) is 29.0 Å². The molecule has 0 aliphatic carbocycles. The van der Waals surface area contributed by atoms with Gasteiger partial charge in [0, 0.05) is 23.6 Å². The van der Waals surface area contributed by atoms with Gasteiger partial charge in [0.2, 0.25) is 0 Å². The summed E-state index contributed by atoms with van der Waals surface area (Å²) < 4.78 is 1.82. The normalized spacial score (nSPS) is 11.0. The smallest absolute Gasteiger partial charge is 0.124 e. The van der Waals surface area contributed by atoms with E-state index in [1.807, 2.05) is 66.5 Å². The predicted octanol–water partition coefficient (Wildman–Crippen LogP) is 4.91. The largest absolute Gasteiger partial charge is 0.384 e. The van der Waals surface area contributed by atoms with Crippen molar-refractivity contribution in [1.82, 2.24) is 14.8 Å². The van der Waals surface area contributed by atoms with E-state index in [-0.39, 0.29) is 0 Å². The lowest BCUT2D eigenvalue weighted by Gasteiger charge is -2.11. The number of rotatable bonds is 2. The number of aryl methyl sites for hydroxylation is 1. The topological polar surface area (TPSA) is 80.5 Å². The number of fused-ring (bicyclic) bond motifs is 2. The Hall–Kier alpha value is -4.17. The molecule has 2 N–H and O–H groups in total. The molecule has 138 valence electrons. The summed E-state index contributed by atoms with van der Waals surface area (Å²) in [5.41, 5.74) is 11.0. The molecule has 3 aromatic carbocycles. The number of nitrogens with two attached hydrogens (primary N) is 1. The van der Waals surface area contributed by atoms with Gasteiger partial charge in [0.15, 0.2) is 0 Å². The number of hydrogen-bond donors (Lipinski definition) is 1. The molecular formula is C24H17N5. The highest BCUT2D eigenvalue weighted by atomic mass is 15.3. The van der Waals surface area contributed by atoms with Gasteiger partial charge in [0.1, 0.15) is 5.82 Å². The molecule has 29 heavy (non-hydrogen) atoms. The summed E-state index contributed by atoms with van der Waals surface area (Å²) >= 11 is 0. The van der Waals surface area contributed by atoms with E-state index in [1.54, 1.807) is 6.07 Å². The van der Waals surface area contributed by atoms with Crippen molar-refractivity contribution in [2.24, 2.45) is 7.05 Å². The average molecular weight is 375 g/mol. The zero-order valence-electron chi connectivity index (χ0n) is 15.8. The van der Waals surface area contributed by atoms with Gasteiger partial charge in [0.25, 0.3) is 0 Å². The Labute approximate surface area is 167 Å². The monoisotopic (exact) mass is 375 g/mol. The fourth-order valence-electron chi connectivity index (χ4n) is 3.80. The molecule has 0 bridgehead atoms. The van der Waals surface area contributed by atoms with Gasteiger partial charge in [-0.1, -0.05) is 36.4 Å². The fraction of sp³-hybridized carbons (Fsp3) is 0.0417. The minimum atomic E-state index is 0.488. The fourth-order valence-corrected chi connectivity index (χ4v) is 3.80. The molecule has 2 heterocycles. The third-order valence-electron chi connectivity index (χ3n) is 5.22. The van der Waals surface area contributed by atoms with Crippen molar-refractivity contribution < 1.29 is 0 Å². The van der Waals surface area contributed by atoms with Crippen molar-refractivity contribution in [3.05, 3.63) is 78.5 Å². The molecule has 5 rings (SSSR count). The van der Waals surface area contributed by atoms with Gasteiger partial charge < -0.3 is 5.73 Å². The van der Waals surface area contributed by atoms with E-state index in [4.69, 9.17) is 5.73 Å². The number of nitrogens with zero attached hydrogens (tertiary/aromatic N) is 4. The van der Waals surface area contributed by atoms with Crippen LogP contribution in [-0.2, 0) is 7.05 Å². The van der Waals surface area contributed by atoms with E-state index in [1.165, 1.54) is 0 Å². The third kappa shape index (κ3) is 2.79. The summed E-state index contributed by atoms with van der Waals surface area (Å²) in [5.74, 6) is 0.488. The first-order chi connectivity index (χ1) is 14.1. The van der Waals surface area contributed by atoms with Crippen molar-refractivity contribution >= 4 is 27.5 Å². The van der Waals surface area contributed by atoms with E-state index in [0.717, 1.165) is 44.1 Å². The lowest BCUT2D eigenvalue weighted by molar-refractivity contribution is 0.776. The maximum Gasteiger partial charge on any atom is 0.124 e. The second-order valence-electron chi connectivity index (χ2n) is 7.03. The van der Waals surface area contributed by atoms with E-state index in [9.17, 15) is 5.26 Å². The van der Waals surface area contributed by atoms with Crippen LogP contribution in [0.5, 0.6) is 0 Å². The first kappa shape index (κ1) is 17.0. The molecule has 0 aliphatic rings. The Kier molecular flexibility index (Phi) is 3.78. The molecule has 0 saturated heterocycles. The SMILES string of the molecule is Cn1ncc(-c2ccc3ccc(N)nc3c2)c1-c1cc2ccccc2cc1C#N. The maximum atomic E-state index is 9.80. The zero-order valence-corrected chi connectivity index (χ0v) is 15.8. The first-order valence-corrected chi connectivity index (χ1v) is 9.26. The molecule has 2 aromatic heterocycles. The molecule has 0 saturated carbocycles. The summed E-state index contributed by atoms with van der Waals surface area (Å²) in [4.78, 5) is 4.44. The number of anilines is 1. The van der Waals surface area contributed by atoms with Crippen LogP contribution in [0.1, 0.15) is 5.56 Å². The summed E-state index contributed by atoms with van der Waals surface area (Å²) in [6, 6.07) is 24.2. The number of nitrogen functional groups attached to an aromatic ring is 1. The zero-order chi connectivity index (χ0) is 20.0. The maximum absolute atomic E-state index is 9.80. The van der Waals surface area contributed by atoms with Crippen LogP contribution in [0.25, 0.3) is 44.1 Å². The summed E-state index contributed by atoms with van der Waals surface area (Å²) in [5, 5.41) is 17.4. The van der Waals surface area contributed by atoms with Gasteiger partial charge >= 0.3 is 0 Å². The van der Waals surface area contributed by atoms with Crippen LogP contribution < -0.4 is 5.73 Å². The van der Waals surface area contributed by atoms with Crippen LogP contribution in [0, 0.1) is 11.3 Å². The quantitative estimate of drug-likeness (QED) is 0.475. The highest BCUT2D eigenvalue weighted by Gasteiger charge is 2.17. The van der Waals surface area contributed by atoms with E-state index >= 15 is 0 Å². The molecule has 0 amide bonds. The second kappa shape index (κ2) is 6.47. The highest BCUT2D eigenvalue weighted by Crippen LogP contribution is 2.36. The molecule has 0 fully saturated rings. The Bertz CT molecular complexity index is 1440. The van der Waals surface area contributed by atoms with Gasteiger partial charge in [-0.05, 0) is 46.7 Å². The van der Waals surface area contributed by atoms with Crippen molar-refractivity contribution in [3.63, 3.8) is 0 Å². The highest BCUT2D eigenvalue weighted by molar-refractivity contribution is 5.94. The molecule has 5 aromatic rings. The molecular weight excluding hydrogens is 358 g/mol. The summed E-state index contributed by atoms with van der Waals surface area (Å²) in [6.07, 6.45) is 1.83. The van der Waals surface area contributed by atoms with E-state index < -0.39 is 0 Å². The molecule has 0 atom stereocenters. The number of hydrogen-bond acceptors (Lipinski definition) is 4. The molecule has 0 spiro atoms. The number of nitriles is 1. The molecule has 5 nitrogen and oxygen atoms in total. The van der Waals surface area contributed by atoms with Crippen LogP contribution in [0.2, 0.25) is 0 Å². The lowest BCUT2D eigenvalue weighted by Crippen LogP contribution is -1.97. The first-order valence-electron chi connectivity index (χ1n) is 9.26. The Balaban J connectivity index is 1.76. The number of benzene rings is 3.